The Balaban J connectivity index is 2.53. The van der Waals surface area contributed by atoms with E-state index in [-0.39, 0.29) is 14.2 Å². The molecule has 0 aliphatic carbocycles. The van der Waals surface area contributed by atoms with Gasteiger partial charge >= 0.3 is 0 Å². The number of phenols is 1. The average molecular weight is 216 g/mol. The third-order valence-electron chi connectivity index (χ3n) is 2.18. The minimum Gasteiger partial charge on any atom is -0.508 e. The molecule has 0 bridgehead atoms. The van der Waals surface area contributed by atoms with Crippen LogP contribution < -0.4 is 5.30 Å². The van der Waals surface area contributed by atoms with E-state index in [1.807, 2.05) is 24.3 Å². The quantitative estimate of drug-likeness (QED) is 0.783. The summed E-state index contributed by atoms with van der Waals surface area (Å²) < 4.78 is 10.9. The van der Waals surface area contributed by atoms with Gasteiger partial charge in [0.2, 0.25) is 0 Å². The van der Waals surface area contributed by atoms with E-state index >= 15 is 0 Å². The normalized spacial score (nSPS) is 10.4. The number of benzene rings is 2. The monoisotopic (exact) mass is 216 g/mol. The van der Waals surface area contributed by atoms with E-state index < -0.39 is 0 Å². The molecule has 0 aliphatic rings. The van der Waals surface area contributed by atoms with E-state index in [9.17, 15) is 4.57 Å². The van der Waals surface area contributed by atoms with Crippen LogP contribution in [0.1, 0.15) is 0 Å². The van der Waals surface area contributed by atoms with Crippen LogP contribution in [0.3, 0.4) is 0 Å². The Hall–Kier alpha value is -1.66. The predicted octanol–water partition coefficient (Wildman–Crippen LogP) is 2.98. The first-order valence-corrected chi connectivity index (χ1v) is 5.34. The summed E-state index contributed by atoms with van der Waals surface area (Å²) >= 11 is 0. The molecular formula is C12H9O2P. The van der Waals surface area contributed by atoms with Crippen molar-refractivity contribution in [2.75, 3.05) is 0 Å². The van der Waals surface area contributed by atoms with Gasteiger partial charge in [0.05, 0.1) is 5.30 Å². The minimum absolute atomic E-state index is 0.0106. The first-order chi connectivity index (χ1) is 7.31. The van der Waals surface area contributed by atoms with Gasteiger partial charge in [-0.25, -0.2) is 0 Å². The maximum atomic E-state index is 10.9. The minimum atomic E-state index is 0.0106. The van der Waals surface area contributed by atoms with Crippen LogP contribution in [0, 0.1) is 0 Å². The largest absolute Gasteiger partial charge is 0.508 e. The van der Waals surface area contributed by atoms with Crippen molar-refractivity contribution in [2.45, 2.75) is 0 Å². The van der Waals surface area contributed by atoms with Crippen molar-refractivity contribution < 1.29 is 9.67 Å². The molecule has 0 fully saturated rings. The molecule has 0 saturated heterocycles. The van der Waals surface area contributed by atoms with Gasteiger partial charge in [0.1, 0.15) is 5.75 Å². The van der Waals surface area contributed by atoms with E-state index in [0.29, 0.717) is 0 Å². The lowest BCUT2D eigenvalue weighted by Gasteiger charge is -2.03. The molecule has 2 aromatic rings. The number of phenolic OH excluding ortho intramolecular Hbond substituents is 1. The van der Waals surface area contributed by atoms with Crippen molar-refractivity contribution in [3.8, 4) is 16.9 Å². The molecule has 74 valence electrons. The molecule has 0 atom stereocenters. The fraction of sp³-hybridized carbons (Fsp3) is 0. The summed E-state index contributed by atoms with van der Waals surface area (Å²) in [6.45, 7) is 0. The van der Waals surface area contributed by atoms with Crippen LogP contribution in [-0.2, 0) is 4.57 Å². The fourth-order valence-corrected chi connectivity index (χ4v) is 1.89. The third-order valence-corrected chi connectivity index (χ3v) is 2.77. The molecule has 15 heavy (non-hydrogen) atoms. The highest BCUT2D eigenvalue weighted by Crippen LogP contribution is 2.22. The van der Waals surface area contributed by atoms with Gasteiger partial charge < -0.3 is 5.11 Å². The van der Waals surface area contributed by atoms with Gasteiger partial charge in [-0.15, -0.1) is 0 Å². The predicted molar refractivity (Wildman–Crippen MR) is 60.8 cm³/mol. The summed E-state index contributed by atoms with van der Waals surface area (Å²) in [4.78, 5) is 0. The summed E-state index contributed by atoms with van der Waals surface area (Å²) in [7, 11) is 0.0106. The fourth-order valence-electron chi connectivity index (χ4n) is 1.44. The molecular weight excluding hydrogens is 207 g/mol. The molecule has 1 N–H and O–H groups in total. The number of rotatable bonds is 2. The Labute approximate surface area is 89.4 Å². The summed E-state index contributed by atoms with van der Waals surface area (Å²) in [5.41, 5.74) is 1.88. The van der Waals surface area contributed by atoms with Crippen molar-refractivity contribution in [3.05, 3.63) is 48.5 Å². The maximum absolute atomic E-state index is 10.9. The molecule has 0 spiro atoms. The molecule has 0 unspecified atom stereocenters. The molecule has 2 nitrogen and oxygen atoms in total. The summed E-state index contributed by atoms with van der Waals surface area (Å²) in [5.74, 6) is 0.232. The van der Waals surface area contributed by atoms with E-state index in [2.05, 4.69) is 0 Å². The van der Waals surface area contributed by atoms with Crippen LogP contribution in [0.15, 0.2) is 48.5 Å². The SMILES string of the molecule is O=Pc1ccccc1-c1ccc(O)cc1. The van der Waals surface area contributed by atoms with Gasteiger partial charge in [0.25, 0.3) is 0 Å². The second-order valence-electron chi connectivity index (χ2n) is 3.16. The average Bonchev–Trinajstić information content (AvgIpc) is 2.30. The molecule has 0 amide bonds. The van der Waals surface area contributed by atoms with Crippen molar-refractivity contribution in [3.63, 3.8) is 0 Å². The zero-order valence-corrected chi connectivity index (χ0v) is 8.82. The first kappa shape index (κ1) is 9.88. The third kappa shape index (κ3) is 2.05. The molecule has 0 aromatic heterocycles. The molecule has 0 saturated carbocycles. The maximum Gasteiger partial charge on any atom is 0.192 e. The number of hydrogen-bond acceptors (Lipinski definition) is 2. The lowest BCUT2D eigenvalue weighted by molar-refractivity contribution is 0.475. The smallest absolute Gasteiger partial charge is 0.192 e. The van der Waals surface area contributed by atoms with Crippen LogP contribution in [0.4, 0.5) is 0 Å². The van der Waals surface area contributed by atoms with Crippen LogP contribution in [-0.4, -0.2) is 5.11 Å². The van der Waals surface area contributed by atoms with E-state index in [0.717, 1.165) is 16.4 Å². The molecule has 0 aliphatic heterocycles. The summed E-state index contributed by atoms with van der Waals surface area (Å²) in [6.07, 6.45) is 0. The van der Waals surface area contributed by atoms with Gasteiger partial charge in [0, 0.05) is 0 Å². The Bertz CT molecular complexity index is 477. The Kier molecular flexibility index (Phi) is 2.79. The van der Waals surface area contributed by atoms with Crippen LogP contribution >= 0.6 is 8.46 Å². The van der Waals surface area contributed by atoms with Gasteiger partial charge in [-0.3, -0.25) is 4.57 Å². The first-order valence-electron chi connectivity index (χ1n) is 4.53. The highest BCUT2D eigenvalue weighted by Gasteiger charge is 2.03. The summed E-state index contributed by atoms with van der Waals surface area (Å²) in [6, 6.07) is 14.3. The lowest BCUT2D eigenvalue weighted by atomic mass is 10.1. The Morgan fingerprint density at radius 3 is 2.27 bits per heavy atom. The second-order valence-corrected chi connectivity index (χ2v) is 3.82. The zero-order valence-electron chi connectivity index (χ0n) is 7.92. The number of hydrogen-bond donors (Lipinski definition) is 1. The van der Waals surface area contributed by atoms with E-state index in [4.69, 9.17) is 5.11 Å². The molecule has 0 heterocycles. The van der Waals surface area contributed by atoms with E-state index in [1.165, 1.54) is 0 Å². The zero-order chi connectivity index (χ0) is 10.7. The topological polar surface area (TPSA) is 37.3 Å². The Morgan fingerprint density at radius 2 is 1.60 bits per heavy atom. The second kappa shape index (κ2) is 4.24. The molecule has 2 aromatic carbocycles. The molecule has 3 heteroatoms. The van der Waals surface area contributed by atoms with Gasteiger partial charge in [-0.2, -0.15) is 0 Å². The number of aromatic hydroxyl groups is 1. The van der Waals surface area contributed by atoms with Crippen molar-refractivity contribution in [2.24, 2.45) is 0 Å². The standard InChI is InChI=1S/C12H9O2P/c13-10-7-5-9(6-8-10)11-3-1-2-4-12(11)15-14/h1-8,13H. The van der Waals surface area contributed by atoms with Crippen molar-refractivity contribution >= 4 is 13.8 Å². The van der Waals surface area contributed by atoms with Gasteiger partial charge in [-0.05, 0) is 29.3 Å². The molecule has 0 radical (unpaired) electrons. The Morgan fingerprint density at radius 1 is 0.933 bits per heavy atom. The van der Waals surface area contributed by atoms with Crippen molar-refractivity contribution in [1.82, 2.24) is 0 Å². The van der Waals surface area contributed by atoms with Crippen LogP contribution in [0.5, 0.6) is 5.75 Å². The van der Waals surface area contributed by atoms with Gasteiger partial charge in [0.15, 0.2) is 8.46 Å². The van der Waals surface area contributed by atoms with Crippen molar-refractivity contribution in [1.29, 1.82) is 0 Å². The van der Waals surface area contributed by atoms with E-state index in [1.54, 1.807) is 24.3 Å². The van der Waals surface area contributed by atoms with Crippen LogP contribution in [0.25, 0.3) is 11.1 Å². The molecule has 2 rings (SSSR count). The van der Waals surface area contributed by atoms with Crippen LogP contribution in [0.2, 0.25) is 0 Å². The highest BCUT2D eigenvalue weighted by molar-refractivity contribution is 7.34. The highest BCUT2D eigenvalue weighted by atomic mass is 31.1. The lowest BCUT2D eigenvalue weighted by Crippen LogP contribution is -1.95. The van der Waals surface area contributed by atoms with Gasteiger partial charge in [-0.1, -0.05) is 30.3 Å². The summed E-state index contributed by atoms with van der Waals surface area (Å²) in [5, 5.41) is 9.92.